The van der Waals surface area contributed by atoms with Gasteiger partial charge in [-0.2, -0.15) is 4.80 Å². The number of hydrogen-bond donors (Lipinski definition) is 0. The minimum absolute atomic E-state index is 0.639. The smallest absolute Gasteiger partial charge is 0.167 e. The first-order valence-electron chi connectivity index (χ1n) is 8.89. The minimum atomic E-state index is 0.639. The summed E-state index contributed by atoms with van der Waals surface area (Å²) < 4.78 is 0. The second-order valence-corrected chi connectivity index (χ2v) is 6.43. The Morgan fingerprint density at radius 3 is 2.22 bits per heavy atom. The third kappa shape index (κ3) is 3.55. The van der Waals surface area contributed by atoms with Gasteiger partial charge in [0.05, 0.1) is 7.05 Å². The molecule has 4 aromatic rings. The van der Waals surface area contributed by atoms with Crippen LogP contribution in [-0.2, 0) is 7.05 Å². The standard InChI is InChI=1S/C23H20N4/c1-17-10-9-15-20(22(17)23-24-26-27(2)25-23)21(19-13-7-4-8-14-19)16-18-11-5-3-6-12-18/h3-16H,1-2H3/b21-16+. The van der Waals surface area contributed by atoms with E-state index in [0.29, 0.717) is 5.82 Å². The van der Waals surface area contributed by atoms with E-state index in [0.717, 1.165) is 33.4 Å². The van der Waals surface area contributed by atoms with Crippen molar-refractivity contribution in [3.63, 3.8) is 0 Å². The molecule has 0 spiro atoms. The van der Waals surface area contributed by atoms with Crippen LogP contribution in [0.5, 0.6) is 0 Å². The number of nitrogens with zero attached hydrogens (tertiary/aromatic N) is 4. The van der Waals surface area contributed by atoms with Gasteiger partial charge in [0.1, 0.15) is 0 Å². The Balaban J connectivity index is 1.97. The molecule has 0 aliphatic rings. The summed E-state index contributed by atoms with van der Waals surface area (Å²) in [6.45, 7) is 2.08. The highest BCUT2D eigenvalue weighted by molar-refractivity contribution is 5.96. The number of hydrogen-bond acceptors (Lipinski definition) is 3. The van der Waals surface area contributed by atoms with Crippen molar-refractivity contribution < 1.29 is 0 Å². The maximum Gasteiger partial charge on any atom is 0.205 e. The van der Waals surface area contributed by atoms with Crippen LogP contribution in [0.2, 0.25) is 0 Å². The van der Waals surface area contributed by atoms with Gasteiger partial charge in [0.2, 0.25) is 5.82 Å². The molecule has 0 bridgehead atoms. The van der Waals surface area contributed by atoms with E-state index in [-0.39, 0.29) is 0 Å². The summed E-state index contributed by atoms with van der Waals surface area (Å²) in [7, 11) is 1.78. The van der Waals surface area contributed by atoms with Crippen LogP contribution in [0, 0.1) is 6.92 Å². The fourth-order valence-corrected chi connectivity index (χ4v) is 3.22. The molecule has 0 fully saturated rings. The molecule has 0 saturated heterocycles. The Hall–Kier alpha value is -3.53. The van der Waals surface area contributed by atoms with E-state index in [1.165, 1.54) is 4.80 Å². The molecule has 132 valence electrons. The molecule has 0 aliphatic carbocycles. The predicted octanol–water partition coefficient (Wildman–Crippen LogP) is 4.77. The molecule has 0 aliphatic heterocycles. The van der Waals surface area contributed by atoms with Gasteiger partial charge in [-0.25, -0.2) is 0 Å². The van der Waals surface area contributed by atoms with Crippen LogP contribution in [0.25, 0.3) is 23.0 Å². The quantitative estimate of drug-likeness (QED) is 0.497. The predicted molar refractivity (Wildman–Crippen MR) is 109 cm³/mol. The van der Waals surface area contributed by atoms with E-state index in [9.17, 15) is 0 Å². The lowest BCUT2D eigenvalue weighted by atomic mass is 9.90. The first kappa shape index (κ1) is 16.9. The van der Waals surface area contributed by atoms with Gasteiger partial charge in [0, 0.05) is 5.56 Å². The summed E-state index contributed by atoms with van der Waals surface area (Å²) in [6, 6.07) is 27.0. The van der Waals surface area contributed by atoms with Crippen molar-refractivity contribution in [2.45, 2.75) is 6.92 Å². The molecule has 4 rings (SSSR count). The molecule has 3 aromatic carbocycles. The third-order valence-electron chi connectivity index (χ3n) is 4.49. The Morgan fingerprint density at radius 2 is 1.56 bits per heavy atom. The number of aryl methyl sites for hydroxylation is 2. The van der Waals surface area contributed by atoms with Crippen LogP contribution in [-0.4, -0.2) is 20.2 Å². The highest BCUT2D eigenvalue weighted by Gasteiger charge is 2.17. The average Bonchev–Trinajstić information content (AvgIpc) is 3.13. The van der Waals surface area contributed by atoms with E-state index in [2.05, 4.69) is 95.1 Å². The zero-order valence-corrected chi connectivity index (χ0v) is 15.4. The number of benzene rings is 3. The molecule has 0 saturated carbocycles. The van der Waals surface area contributed by atoms with Gasteiger partial charge in [-0.1, -0.05) is 78.9 Å². The summed E-state index contributed by atoms with van der Waals surface area (Å²) in [5, 5.41) is 12.7. The number of rotatable bonds is 4. The van der Waals surface area contributed by atoms with Crippen molar-refractivity contribution in [2.24, 2.45) is 7.05 Å². The summed E-state index contributed by atoms with van der Waals surface area (Å²) in [5.74, 6) is 0.639. The molecule has 4 heteroatoms. The zero-order chi connectivity index (χ0) is 18.6. The molecular formula is C23H20N4. The Bertz CT molecular complexity index is 1080. The van der Waals surface area contributed by atoms with E-state index in [1.807, 2.05) is 12.1 Å². The van der Waals surface area contributed by atoms with Crippen LogP contribution >= 0.6 is 0 Å². The maximum absolute atomic E-state index is 4.45. The van der Waals surface area contributed by atoms with Crippen LogP contribution in [0.3, 0.4) is 0 Å². The second kappa shape index (κ2) is 7.38. The molecular weight excluding hydrogens is 332 g/mol. The van der Waals surface area contributed by atoms with Gasteiger partial charge >= 0.3 is 0 Å². The number of aromatic nitrogens is 4. The van der Waals surface area contributed by atoms with Gasteiger partial charge in [-0.05, 0) is 46.0 Å². The van der Waals surface area contributed by atoms with Crippen molar-refractivity contribution >= 4 is 11.6 Å². The molecule has 1 heterocycles. The molecule has 4 nitrogen and oxygen atoms in total. The summed E-state index contributed by atoms with van der Waals surface area (Å²) in [5.41, 5.74) is 6.66. The van der Waals surface area contributed by atoms with Gasteiger partial charge in [0.25, 0.3) is 0 Å². The SMILES string of the molecule is Cc1cccc(/C(=C/c2ccccc2)c2ccccc2)c1-c1nnn(C)n1. The van der Waals surface area contributed by atoms with Gasteiger partial charge in [-0.3, -0.25) is 0 Å². The highest BCUT2D eigenvalue weighted by Crippen LogP contribution is 2.34. The van der Waals surface area contributed by atoms with E-state index in [4.69, 9.17) is 0 Å². The molecule has 0 radical (unpaired) electrons. The molecule has 0 unspecified atom stereocenters. The van der Waals surface area contributed by atoms with Gasteiger partial charge < -0.3 is 0 Å². The lowest BCUT2D eigenvalue weighted by Crippen LogP contribution is -1.97. The topological polar surface area (TPSA) is 43.6 Å². The monoisotopic (exact) mass is 352 g/mol. The first-order chi connectivity index (χ1) is 13.2. The Morgan fingerprint density at radius 1 is 0.852 bits per heavy atom. The van der Waals surface area contributed by atoms with Crippen LogP contribution in [0.4, 0.5) is 0 Å². The van der Waals surface area contributed by atoms with Crippen molar-refractivity contribution in [2.75, 3.05) is 0 Å². The van der Waals surface area contributed by atoms with Crippen molar-refractivity contribution in [1.82, 2.24) is 20.2 Å². The summed E-state index contributed by atoms with van der Waals surface area (Å²) in [6.07, 6.45) is 2.21. The summed E-state index contributed by atoms with van der Waals surface area (Å²) in [4.78, 5) is 1.49. The lowest BCUT2D eigenvalue weighted by Gasteiger charge is -2.14. The second-order valence-electron chi connectivity index (χ2n) is 6.43. The van der Waals surface area contributed by atoms with Crippen molar-refractivity contribution in [1.29, 1.82) is 0 Å². The third-order valence-corrected chi connectivity index (χ3v) is 4.49. The Kier molecular flexibility index (Phi) is 4.62. The average molecular weight is 352 g/mol. The van der Waals surface area contributed by atoms with Gasteiger partial charge in [-0.15, -0.1) is 10.2 Å². The Labute approximate surface area is 158 Å². The molecule has 1 aromatic heterocycles. The van der Waals surface area contributed by atoms with E-state index >= 15 is 0 Å². The highest BCUT2D eigenvalue weighted by atomic mass is 15.6. The zero-order valence-electron chi connectivity index (χ0n) is 15.4. The lowest BCUT2D eigenvalue weighted by molar-refractivity contribution is 0.630. The largest absolute Gasteiger partial charge is 0.205 e. The number of tetrazole rings is 1. The molecule has 0 N–H and O–H groups in total. The molecule has 0 atom stereocenters. The van der Waals surface area contributed by atoms with Crippen LogP contribution in [0.1, 0.15) is 22.3 Å². The van der Waals surface area contributed by atoms with E-state index in [1.54, 1.807) is 7.05 Å². The fourth-order valence-electron chi connectivity index (χ4n) is 3.22. The first-order valence-corrected chi connectivity index (χ1v) is 8.89. The van der Waals surface area contributed by atoms with Crippen LogP contribution in [0.15, 0.2) is 78.9 Å². The molecule has 27 heavy (non-hydrogen) atoms. The van der Waals surface area contributed by atoms with Crippen LogP contribution < -0.4 is 0 Å². The van der Waals surface area contributed by atoms with Crippen molar-refractivity contribution in [3.05, 3.63) is 101 Å². The normalized spacial score (nSPS) is 11.6. The van der Waals surface area contributed by atoms with Crippen molar-refractivity contribution in [3.8, 4) is 11.4 Å². The molecule has 0 amide bonds. The van der Waals surface area contributed by atoms with Gasteiger partial charge in [0.15, 0.2) is 0 Å². The summed E-state index contributed by atoms with van der Waals surface area (Å²) >= 11 is 0. The van der Waals surface area contributed by atoms with E-state index < -0.39 is 0 Å². The fraction of sp³-hybridized carbons (Fsp3) is 0.0870. The maximum atomic E-state index is 4.45. The minimum Gasteiger partial charge on any atom is -0.167 e.